The number of nitrogens with one attached hydrogen (secondary N) is 1. The number of carbonyl (C=O) groups is 1. The van der Waals surface area contributed by atoms with E-state index in [1.165, 1.54) is 6.92 Å². The molecule has 4 N–H and O–H groups in total. The number of nitrogens with two attached hydrogens (primary N) is 1. The van der Waals surface area contributed by atoms with E-state index in [0.717, 1.165) is 0 Å². The standard InChI is InChI=1S/C17H25BN2O4/c1-11(21)20-10-13(9-12-7-6-8-14(19)15(12)22)18-23-16(2,3)17(4,5)24-18/h6-9,22H,10,19H2,1-5H3,(H,20,21). The minimum Gasteiger partial charge on any atom is -0.505 e. The highest BCUT2D eigenvalue weighted by molar-refractivity contribution is 6.56. The summed E-state index contributed by atoms with van der Waals surface area (Å²) in [5, 5.41) is 12.9. The zero-order valence-corrected chi connectivity index (χ0v) is 14.8. The molecule has 1 saturated heterocycles. The molecule has 0 aromatic heterocycles. The van der Waals surface area contributed by atoms with Gasteiger partial charge in [-0.2, -0.15) is 0 Å². The van der Waals surface area contributed by atoms with E-state index in [2.05, 4.69) is 5.32 Å². The lowest BCUT2D eigenvalue weighted by atomic mass is 9.77. The second kappa shape index (κ2) is 6.49. The molecule has 1 heterocycles. The molecule has 1 aliphatic heterocycles. The normalized spacial score (nSPS) is 19.4. The third-order valence-corrected chi connectivity index (χ3v) is 4.54. The number of carbonyl (C=O) groups excluding carboxylic acids is 1. The quantitative estimate of drug-likeness (QED) is 0.446. The van der Waals surface area contributed by atoms with E-state index in [-0.39, 0.29) is 23.9 Å². The summed E-state index contributed by atoms with van der Waals surface area (Å²) in [7, 11) is -0.623. The summed E-state index contributed by atoms with van der Waals surface area (Å²) < 4.78 is 12.1. The van der Waals surface area contributed by atoms with Crippen molar-refractivity contribution in [2.45, 2.75) is 45.8 Å². The zero-order chi connectivity index (χ0) is 18.1. The molecular weight excluding hydrogens is 307 g/mol. The molecule has 0 saturated carbocycles. The average molecular weight is 332 g/mol. The second-order valence-corrected chi connectivity index (χ2v) is 7.00. The molecule has 0 unspecified atom stereocenters. The number of nitrogen functional groups attached to an aromatic ring is 1. The highest BCUT2D eigenvalue weighted by Crippen LogP contribution is 2.39. The Balaban J connectivity index is 2.37. The van der Waals surface area contributed by atoms with Crippen molar-refractivity contribution in [2.75, 3.05) is 12.3 Å². The van der Waals surface area contributed by atoms with E-state index >= 15 is 0 Å². The monoisotopic (exact) mass is 332 g/mol. The number of phenols is 1. The molecule has 2 rings (SSSR count). The largest absolute Gasteiger partial charge is 0.505 e. The Kier molecular flexibility index (Phi) is 4.96. The van der Waals surface area contributed by atoms with Gasteiger partial charge in [0.05, 0.1) is 16.9 Å². The van der Waals surface area contributed by atoms with Crippen LogP contribution in [0.15, 0.2) is 23.7 Å². The lowest BCUT2D eigenvalue weighted by Crippen LogP contribution is -2.41. The number of phenolic OH excluding ortho intramolecular Hbond substituents is 1. The van der Waals surface area contributed by atoms with Crippen molar-refractivity contribution >= 4 is 24.8 Å². The lowest BCUT2D eigenvalue weighted by Gasteiger charge is -2.32. The minimum absolute atomic E-state index is 0.00524. The van der Waals surface area contributed by atoms with Gasteiger partial charge in [0.25, 0.3) is 0 Å². The first-order valence-corrected chi connectivity index (χ1v) is 7.91. The second-order valence-electron chi connectivity index (χ2n) is 7.00. The Labute approximate surface area is 143 Å². The molecule has 7 heteroatoms. The van der Waals surface area contributed by atoms with Crippen molar-refractivity contribution in [3.05, 3.63) is 29.2 Å². The van der Waals surface area contributed by atoms with Gasteiger partial charge in [0.2, 0.25) is 5.91 Å². The van der Waals surface area contributed by atoms with Crippen molar-refractivity contribution in [1.82, 2.24) is 5.32 Å². The van der Waals surface area contributed by atoms with Crippen molar-refractivity contribution in [1.29, 1.82) is 0 Å². The highest BCUT2D eigenvalue weighted by Gasteiger charge is 2.52. The van der Waals surface area contributed by atoms with E-state index < -0.39 is 18.3 Å². The van der Waals surface area contributed by atoms with Crippen LogP contribution in [-0.4, -0.2) is 35.9 Å². The first-order valence-electron chi connectivity index (χ1n) is 7.91. The predicted octanol–water partition coefficient (Wildman–Crippen LogP) is 2.13. The number of aromatic hydroxyl groups is 1. The molecule has 0 atom stereocenters. The molecule has 1 aliphatic rings. The first-order chi connectivity index (χ1) is 11.0. The van der Waals surface area contributed by atoms with Gasteiger partial charge in [-0.05, 0) is 39.2 Å². The molecule has 0 spiro atoms. The van der Waals surface area contributed by atoms with Crippen LogP contribution in [0, 0.1) is 0 Å². The summed E-state index contributed by atoms with van der Waals surface area (Å²) in [4.78, 5) is 11.3. The van der Waals surface area contributed by atoms with Crippen LogP contribution in [0.4, 0.5) is 5.69 Å². The van der Waals surface area contributed by atoms with Crippen LogP contribution < -0.4 is 11.1 Å². The van der Waals surface area contributed by atoms with Crippen LogP contribution in [0.5, 0.6) is 5.75 Å². The van der Waals surface area contributed by atoms with E-state index in [1.54, 1.807) is 24.3 Å². The molecule has 1 aromatic rings. The summed E-state index contributed by atoms with van der Waals surface area (Å²) in [5.74, 6) is -0.163. The Morgan fingerprint density at radius 3 is 2.42 bits per heavy atom. The Morgan fingerprint density at radius 2 is 1.88 bits per heavy atom. The van der Waals surface area contributed by atoms with Crippen LogP contribution in [0.3, 0.4) is 0 Å². The lowest BCUT2D eigenvalue weighted by molar-refractivity contribution is -0.118. The molecule has 0 aliphatic carbocycles. The molecule has 1 fully saturated rings. The van der Waals surface area contributed by atoms with Crippen molar-refractivity contribution in [3.63, 3.8) is 0 Å². The Hall–Kier alpha value is -1.99. The van der Waals surface area contributed by atoms with Gasteiger partial charge in [0.1, 0.15) is 5.75 Å². The molecular formula is C17H25BN2O4. The van der Waals surface area contributed by atoms with E-state index in [9.17, 15) is 9.90 Å². The number of hydrogen-bond acceptors (Lipinski definition) is 5. The number of rotatable bonds is 4. The topological polar surface area (TPSA) is 93.8 Å². The summed E-state index contributed by atoms with van der Waals surface area (Å²) in [6.45, 7) is 9.53. The molecule has 130 valence electrons. The average Bonchev–Trinajstić information content (AvgIpc) is 2.67. The van der Waals surface area contributed by atoms with Crippen molar-refractivity contribution in [3.8, 4) is 5.75 Å². The number of para-hydroxylation sites is 1. The van der Waals surface area contributed by atoms with E-state index in [1.807, 2.05) is 27.7 Å². The number of hydrogen-bond donors (Lipinski definition) is 3. The third-order valence-electron chi connectivity index (χ3n) is 4.54. The van der Waals surface area contributed by atoms with E-state index in [0.29, 0.717) is 11.0 Å². The molecule has 1 aromatic carbocycles. The van der Waals surface area contributed by atoms with Gasteiger partial charge < -0.3 is 25.5 Å². The molecule has 1 amide bonds. The fourth-order valence-corrected chi connectivity index (χ4v) is 2.32. The van der Waals surface area contributed by atoms with E-state index in [4.69, 9.17) is 15.0 Å². The Bertz CT molecular complexity index is 655. The van der Waals surface area contributed by atoms with Crippen molar-refractivity contribution < 1.29 is 19.2 Å². The maximum Gasteiger partial charge on any atom is 0.492 e. The zero-order valence-electron chi connectivity index (χ0n) is 14.8. The van der Waals surface area contributed by atoms with Gasteiger partial charge in [-0.15, -0.1) is 0 Å². The molecule has 24 heavy (non-hydrogen) atoms. The van der Waals surface area contributed by atoms with Gasteiger partial charge in [0.15, 0.2) is 0 Å². The maximum atomic E-state index is 11.3. The summed E-state index contributed by atoms with van der Waals surface area (Å²) in [5.41, 5.74) is 6.29. The third kappa shape index (κ3) is 3.74. The summed E-state index contributed by atoms with van der Waals surface area (Å²) in [6, 6.07) is 5.11. The highest BCUT2D eigenvalue weighted by atomic mass is 16.7. The number of anilines is 1. The first kappa shape index (κ1) is 18.4. The van der Waals surface area contributed by atoms with Gasteiger partial charge in [-0.25, -0.2) is 0 Å². The molecule has 6 nitrogen and oxygen atoms in total. The number of amides is 1. The molecule has 0 radical (unpaired) electrons. The van der Waals surface area contributed by atoms with Gasteiger partial charge >= 0.3 is 7.12 Å². The van der Waals surface area contributed by atoms with Crippen LogP contribution in [0.25, 0.3) is 6.08 Å². The number of benzene rings is 1. The predicted molar refractivity (Wildman–Crippen MR) is 95.3 cm³/mol. The fourth-order valence-electron chi connectivity index (χ4n) is 2.32. The Morgan fingerprint density at radius 1 is 1.29 bits per heavy atom. The van der Waals surface area contributed by atoms with Gasteiger partial charge in [0, 0.05) is 19.0 Å². The van der Waals surface area contributed by atoms with Crippen LogP contribution in [-0.2, 0) is 14.1 Å². The fraction of sp³-hybridized carbons (Fsp3) is 0.471. The van der Waals surface area contributed by atoms with Crippen LogP contribution >= 0.6 is 0 Å². The van der Waals surface area contributed by atoms with Crippen LogP contribution in [0.1, 0.15) is 40.2 Å². The van der Waals surface area contributed by atoms with Gasteiger partial charge in [-0.1, -0.05) is 18.2 Å². The maximum absolute atomic E-state index is 11.3. The minimum atomic E-state index is -0.623. The SMILES string of the molecule is CC(=O)NCC(=Cc1cccc(N)c1O)B1OC(C)(C)C(C)(C)O1. The van der Waals surface area contributed by atoms with Crippen LogP contribution in [0.2, 0.25) is 0 Å². The molecule has 0 bridgehead atoms. The van der Waals surface area contributed by atoms with Crippen molar-refractivity contribution in [2.24, 2.45) is 0 Å². The summed E-state index contributed by atoms with van der Waals surface area (Å²) >= 11 is 0. The van der Waals surface area contributed by atoms with Gasteiger partial charge in [-0.3, -0.25) is 4.79 Å². The summed E-state index contributed by atoms with van der Waals surface area (Å²) in [6.07, 6.45) is 1.74. The smallest absolute Gasteiger partial charge is 0.492 e.